The van der Waals surface area contributed by atoms with Crippen molar-refractivity contribution in [1.29, 1.82) is 0 Å². The fourth-order valence-electron chi connectivity index (χ4n) is 2.59. The third-order valence-corrected chi connectivity index (χ3v) is 3.95. The highest BCUT2D eigenvalue weighted by Gasteiger charge is 2.14. The van der Waals surface area contributed by atoms with Gasteiger partial charge in [0, 0.05) is 18.2 Å². The van der Waals surface area contributed by atoms with E-state index in [0.29, 0.717) is 17.9 Å². The fourth-order valence-corrected chi connectivity index (χ4v) is 2.59. The number of amides is 1. The third-order valence-electron chi connectivity index (χ3n) is 3.95. The van der Waals surface area contributed by atoms with Crippen LogP contribution in [0.1, 0.15) is 24.3 Å². The Kier molecular flexibility index (Phi) is 7.04. The number of hydrogen-bond acceptors (Lipinski definition) is 9. The van der Waals surface area contributed by atoms with Gasteiger partial charge in [0.1, 0.15) is 18.8 Å². The zero-order valence-electron chi connectivity index (χ0n) is 17.0. The Bertz CT molecular complexity index is 1080. The first-order chi connectivity index (χ1) is 14.9. The maximum Gasteiger partial charge on any atom is 0.327 e. The Morgan fingerprint density at radius 2 is 1.87 bits per heavy atom. The smallest absolute Gasteiger partial charge is 0.327 e. The maximum absolute atomic E-state index is 12.4. The van der Waals surface area contributed by atoms with Gasteiger partial charge in [0.15, 0.2) is 5.69 Å². The molecule has 3 rings (SSSR count). The van der Waals surface area contributed by atoms with Gasteiger partial charge in [-0.15, -0.1) is 10.2 Å². The zero-order chi connectivity index (χ0) is 22.2. The lowest BCUT2D eigenvalue weighted by Crippen LogP contribution is -2.14. The molecule has 162 valence electrons. The molecule has 0 radical (unpaired) electrons. The first kappa shape index (κ1) is 21.6. The molecular weight excluding hydrogens is 406 g/mol. The van der Waals surface area contributed by atoms with Gasteiger partial charge < -0.3 is 14.8 Å². The van der Waals surface area contributed by atoms with E-state index in [1.165, 1.54) is 17.8 Å². The maximum atomic E-state index is 12.4. The number of hydrogen-bond donors (Lipinski definition) is 1. The van der Waals surface area contributed by atoms with Crippen LogP contribution in [0.3, 0.4) is 0 Å². The number of anilines is 1. The molecule has 1 N–H and O–H groups in total. The molecule has 0 saturated carbocycles. The number of ether oxygens (including phenoxy) is 2. The topological polar surface area (TPSA) is 143 Å². The standard InChI is InChI=1S/C19H21N7O5/c1-3-30-18(28)12-26-11-17(22-24-26)19(29)20-15-6-4-5-14(9-15)16-10-25(23-21-16)7-8-31-13(2)27/h4-6,9-11H,3,7-8,12H2,1-2H3,(H,20,29). The van der Waals surface area contributed by atoms with Crippen LogP contribution in [0.5, 0.6) is 0 Å². The summed E-state index contributed by atoms with van der Waals surface area (Å²) in [6.45, 7) is 3.76. The van der Waals surface area contributed by atoms with Crippen molar-refractivity contribution in [2.45, 2.75) is 26.9 Å². The van der Waals surface area contributed by atoms with Crippen molar-refractivity contribution >= 4 is 23.5 Å². The minimum absolute atomic E-state index is 0.0612. The van der Waals surface area contributed by atoms with Crippen LogP contribution in [0.4, 0.5) is 5.69 Å². The van der Waals surface area contributed by atoms with Gasteiger partial charge in [0.05, 0.1) is 25.5 Å². The van der Waals surface area contributed by atoms with Crippen molar-refractivity contribution in [3.8, 4) is 11.3 Å². The fraction of sp³-hybridized carbons (Fsp3) is 0.316. The summed E-state index contributed by atoms with van der Waals surface area (Å²) in [7, 11) is 0. The normalized spacial score (nSPS) is 10.5. The first-order valence-corrected chi connectivity index (χ1v) is 9.45. The van der Waals surface area contributed by atoms with E-state index in [0.717, 1.165) is 5.56 Å². The van der Waals surface area contributed by atoms with E-state index >= 15 is 0 Å². The largest absolute Gasteiger partial charge is 0.465 e. The van der Waals surface area contributed by atoms with Crippen LogP contribution in [0, 0.1) is 0 Å². The number of carbonyl (C=O) groups is 3. The summed E-state index contributed by atoms with van der Waals surface area (Å²) in [4.78, 5) is 34.8. The van der Waals surface area contributed by atoms with Crippen molar-refractivity contribution < 1.29 is 23.9 Å². The van der Waals surface area contributed by atoms with Gasteiger partial charge in [-0.25, -0.2) is 9.36 Å². The number of nitrogens with zero attached hydrogens (tertiary/aromatic N) is 6. The number of aromatic nitrogens is 6. The molecule has 0 aliphatic rings. The van der Waals surface area contributed by atoms with E-state index in [1.54, 1.807) is 36.0 Å². The minimum atomic E-state index is -0.475. The van der Waals surface area contributed by atoms with E-state index in [-0.39, 0.29) is 31.4 Å². The van der Waals surface area contributed by atoms with Crippen LogP contribution in [0.25, 0.3) is 11.3 Å². The lowest BCUT2D eigenvalue weighted by molar-refractivity contribution is -0.144. The molecule has 12 nitrogen and oxygen atoms in total. The van der Waals surface area contributed by atoms with Gasteiger partial charge in [-0.3, -0.25) is 14.4 Å². The Morgan fingerprint density at radius 3 is 2.65 bits per heavy atom. The lowest BCUT2D eigenvalue weighted by Gasteiger charge is -2.04. The van der Waals surface area contributed by atoms with E-state index in [1.807, 2.05) is 6.07 Å². The second-order valence-corrected chi connectivity index (χ2v) is 6.35. The minimum Gasteiger partial charge on any atom is -0.465 e. The van der Waals surface area contributed by atoms with Gasteiger partial charge in [-0.05, 0) is 19.1 Å². The first-order valence-electron chi connectivity index (χ1n) is 9.45. The van der Waals surface area contributed by atoms with Crippen molar-refractivity contribution in [1.82, 2.24) is 30.0 Å². The molecule has 0 aliphatic carbocycles. The predicted octanol–water partition coefficient (Wildman–Crippen LogP) is 0.915. The van der Waals surface area contributed by atoms with Gasteiger partial charge in [0.25, 0.3) is 5.91 Å². The van der Waals surface area contributed by atoms with Gasteiger partial charge >= 0.3 is 11.9 Å². The molecule has 31 heavy (non-hydrogen) atoms. The summed E-state index contributed by atoms with van der Waals surface area (Å²) in [5.41, 5.74) is 1.92. The number of benzene rings is 1. The second kappa shape index (κ2) is 10.1. The second-order valence-electron chi connectivity index (χ2n) is 6.35. The molecule has 0 spiro atoms. The molecule has 0 atom stereocenters. The zero-order valence-corrected chi connectivity index (χ0v) is 17.0. The van der Waals surface area contributed by atoms with Crippen LogP contribution in [-0.4, -0.2) is 61.0 Å². The van der Waals surface area contributed by atoms with Crippen LogP contribution >= 0.6 is 0 Å². The molecule has 0 saturated heterocycles. The van der Waals surface area contributed by atoms with E-state index in [4.69, 9.17) is 9.47 Å². The molecule has 2 heterocycles. The molecule has 0 unspecified atom stereocenters. The Morgan fingerprint density at radius 1 is 1.06 bits per heavy atom. The molecule has 2 aromatic heterocycles. The summed E-state index contributed by atoms with van der Waals surface area (Å²) < 4.78 is 12.5. The Labute approximate surface area is 177 Å². The van der Waals surface area contributed by atoms with E-state index in [2.05, 4.69) is 25.9 Å². The molecule has 0 fully saturated rings. The highest BCUT2D eigenvalue weighted by atomic mass is 16.5. The van der Waals surface area contributed by atoms with E-state index in [9.17, 15) is 14.4 Å². The Hall–Kier alpha value is -4.09. The SMILES string of the molecule is CCOC(=O)Cn1cc(C(=O)Nc2cccc(-c3cn(CCOC(C)=O)nn3)c2)nn1. The van der Waals surface area contributed by atoms with Crippen molar-refractivity contribution in [3.05, 3.63) is 42.4 Å². The predicted molar refractivity (Wildman–Crippen MR) is 107 cm³/mol. The molecule has 0 bridgehead atoms. The highest BCUT2D eigenvalue weighted by Crippen LogP contribution is 2.20. The summed E-state index contributed by atoms with van der Waals surface area (Å²) >= 11 is 0. The van der Waals surface area contributed by atoms with E-state index < -0.39 is 11.9 Å². The monoisotopic (exact) mass is 427 g/mol. The van der Waals surface area contributed by atoms with Crippen LogP contribution in [0.15, 0.2) is 36.7 Å². The number of esters is 2. The summed E-state index contributed by atoms with van der Waals surface area (Å²) in [5, 5.41) is 18.4. The summed E-state index contributed by atoms with van der Waals surface area (Å²) in [6, 6.07) is 7.04. The van der Waals surface area contributed by atoms with Gasteiger partial charge in [-0.1, -0.05) is 22.6 Å². The molecule has 0 aliphatic heterocycles. The number of rotatable bonds is 9. The molecule has 1 aromatic carbocycles. The van der Waals surface area contributed by atoms with Crippen molar-refractivity contribution in [2.75, 3.05) is 18.5 Å². The Balaban J connectivity index is 1.62. The van der Waals surface area contributed by atoms with Crippen molar-refractivity contribution in [3.63, 3.8) is 0 Å². The van der Waals surface area contributed by atoms with Gasteiger partial charge in [-0.2, -0.15) is 0 Å². The lowest BCUT2D eigenvalue weighted by atomic mass is 10.1. The number of nitrogens with one attached hydrogen (secondary N) is 1. The van der Waals surface area contributed by atoms with Crippen LogP contribution in [-0.2, 0) is 32.2 Å². The summed E-state index contributed by atoms with van der Waals surface area (Å²) in [5.74, 6) is -1.30. The highest BCUT2D eigenvalue weighted by molar-refractivity contribution is 6.02. The van der Waals surface area contributed by atoms with Crippen molar-refractivity contribution in [2.24, 2.45) is 0 Å². The molecule has 3 aromatic rings. The average molecular weight is 427 g/mol. The van der Waals surface area contributed by atoms with Gasteiger partial charge in [0.2, 0.25) is 0 Å². The summed E-state index contributed by atoms with van der Waals surface area (Å²) in [6.07, 6.45) is 3.08. The third kappa shape index (κ3) is 6.19. The quantitative estimate of drug-likeness (QED) is 0.493. The average Bonchev–Trinajstić information content (AvgIpc) is 3.38. The number of carbonyl (C=O) groups excluding carboxylic acids is 3. The van der Waals surface area contributed by atoms with Crippen LogP contribution < -0.4 is 5.32 Å². The molecular formula is C19H21N7O5. The molecule has 12 heteroatoms. The molecule has 1 amide bonds. The van der Waals surface area contributed by atoms with Crippen LogP contribution in [0.2, 0.25) is 0 Å².